The standard InChI is InChI=1S/C17H29N3/c1-5-19-10-11-20(12-14(19)3)17(15(4)18)16-9-7-6-8-13(16)2/h6-9,14-15,17H,5,10-12,18H2,1-4H3. The van der Waals surface area contributed by atoms with Gasteiger partial charge in [0, 0.05) is 37.8 Å². The average molecular weight is 275 g/mol. The molecule has 20 heavy (non-hydrogen) atoms. The van der Waals surface area contributed by atoms with Gasteiger partial charge in [-0.2, -0.15) is 0 Å². The van der Waals surface area contributed by atoms with Crippen LogP contribution in [0, 0.1) is 6.92 Å². The van der Waals surface area contributed by atoms with E-state index in [9.17, 15) is 0 Å². The van der Waals surface area contributed by atoms with Crippen LogP contribution in [0.3, 0.4) is 0 Å². The Morgan fingerprint density at radius 3 is 2.55 bits per heavy atom. The summed E-state index contributed by atoms with van der Waals surface area (Å²) in [4.78, 5) is 5.12. The lowest BCUT2D eigenvalue weighted by Crippen LogP contribution is -2.54. The number of aryl methyl sites for hydroxylation is 1. The third-order valence-corrected chi connectivity index (χ3v) is 4.60. The van der Waals surface area contributed by atoms with Crippen LogP contribution < -0.4 is 5.73 Å². The van der Waals surface area contributed by atoms with E-state index in [1.165, 1.54) is 11.1 Å². The Morgan fingerprint density at radius 2 is 2.00 bits per heavy atom. The van der Waals surface area contributed by atoms with Gasteiger partial charge >= 0.3 is 0 Å². The fraction of sp³-hybridized carbons (Fsp3) is 0.647. The maximum atomic E-state index is 6.33. The van der Waals surface area contributed by atoms with Gasteiger partial charge < -0.3 is 5.73 Å². The van der Waals surface area contributed by atoms with E-state index in [0.717, 1.165) is 26.2 Å². The van der Waals surface area contributed by atoms with Crippen molar-refractivity contribution in [3.63, 3.8) is 0 Å². The van der Waals surface area contributed by atoms with Crippen molar-refractivity contribution in [2.24, 2.45) is 5.73 Å². The summed E-state index contributed by atoms with van der Waals surface area (Å²) in [6, 6.07) is 9.75. The highest BCUT2D eigenvalue weighted by Crippen LogP contribution is 2.28. The molecule has 0 radical (unpaired) electrons. The SMILES string of the molecule is CCN1CCN(C(c2ccccc2C)C(C)N)CC1C. The second-order valence-corrected chi connectivity index (χ2v) is 6.13. The van der Waals surface area contributed by atoms with Crippen molar-refractivity contribution < 1.29 is 0 Å². The number of piperazine rings is 1. The van der Waals surface area contributed by atoms with E-state index >= 15 is 0 Å². The molecule has 0 aromatic heterocycles. The molecule has 0 amide bonds. The molecule has 0 saturated carbocycles. The van der Waals surface area contributed by atoms with E-state index in [4.69, 9.17) is 5.73 Å². The first-order chi connectivity index (χ1) is 9.54. The second kappa shape index (κ2) is 6.70. The molecule has 3 heteroatoms. The predicted molar refractivity (Wildman–Crippen MR) is 85.9 cm³/mol. The summed E-state index contributed by atoms with van der Waals surface area (Å²) in [6.07, 6.45) is 0. The van der Waals surface area contributed by atoms with E-state index < -0.39 is 0 Å². The molecule has 3 atom stereocenters. The Balaban J connectivity index is 2.21. The Labute approximate surface area is 123 Å². The fourth-order valence-corrected chi connectivity index (χ4v) is 3.48. The number of hydrogen-bond acceptors (Lipinski definition) is 3. The summed E-state index contributed by atoms with van der Waals surface area (Å²) >= 11 is 0. The smallest absolute Gasteiger partial charge is 0.0500 e. The van der Waals surface area contributed by atoms with Gasteiger partial charge in [0.2, 0.25) is 0 Å². The molecule has 1 aliphatic rings. The van der Waals surface area contributed by atoms with Gasteiger partial charge in [0.25, 0.3) is 0 Å². The van der Waals surface area contributed by atoms with Gasteiger partial charge in [-0.25, -0.2) is 0 Å². The Morgan fingerprint density at radius 1 is 1.30 bits per heavy atom. The molecule has 1 fully saturated rings. The van der Waals surface area contributed by atoms with E-state index in [-0.39, 0.29) is 6.04 Å². The Hall–Kier alpha value is -0.900. The lowest BCUT2D eigenvalue weighted by atomic mass is 9.94. The van der Waals surface area contributed by atoms with Gasteiger partial charge in [-0.3, -0.25) is 9.80 Å². The van der Waals surface area contributed by atoms with Crippen LogP contribution in [0.15, 0.2) is 24.3 Å². The van der Waals surface area contributed by atoms with Crippen molar-refractivity contribution in [3.8, 4) is 0 Å². The first kappa shape index (κ1) is 15.5. The summed E-state index contributed by atoms with van der Waals surface area (Å²) < 4.78 is 0. The number of rotatable bonds is 4. The number of nitrogens with zero attached hydrogens (tertiary/aromatic N) is 2. The third-order valence-electron chi connectivity index (χ3n) is 4.60. The van der Waals surface area contributed by atoms with Crippen LogP contribution in [0.25, 0.3) is 0 Å². The van der Waals surface area contributed by atoms with Gasteiger partial charge in [-0.05, 0) is 38.4 Å². The monoisotopic (exact) mass is 275 g/mol. The van der Waals surface area contributed by atoms with E-state index in [1.807, 2.05) is 0 Å². The summed E-state index contributed by atoms with van der Waals surface area (Å²) in [5, 5.41) is 0. The summed E-state index contributed by atoms with van der Waals surface area (Å²) in [7, 11) is 0. The molecule has 1 aromatic rings. The summed E-state index contributed by atoms with van der Waals surface area (Å²) in [5.74, 6) is 0. The Bertz CT molecular complexity index is 430. The first-order valence-corrected chi connectivity index (χ1v) is 7.83. The van der Waals surface area contributed by atoms with Crippen molar-refractivity contribution in [1.82, 2.24) is 9.80 Å². The quantitative estimate of drug-likeness (QED) is 0.916. The number of likely N-dealkylation sites (N-methyl/N-ethyl adjacent to an activating group) is 1. The largest absolute Gasteiger partial charge is 0.326 e. The molecule has 2 rings (SSSR count). The van der Waals surface area contributed by atoms with Crippen molar-refractivity contribution >= 4 is 0 Å². The van der Waals surface area contributed by atoms with Gasteiger partial charge in [-0.15, -0.1) is 0 Å². The molecule has 0 spiro atoms. The van der Waals surface area contributed by atoms with E-state index in [0.29, 0.717) is 12.1 Å². The molecule has 2 N–H and O–H groups in total. The molecule has 1 heterocycles. The van der Waals surface area contributed by atoms with Crippen LogP contribution >= 0.6 is 0 Å². The topological polar surface area (TPSA) is 32.5 Å². The highest BCUT2D eigenvalue weighted by atomic mass is 15.3. The summed E-state index contributed by atoms with van der Waals surface area (Å²) in [5.41, 5.74) is 9.06. The number of nitrogens with two attached hydrogens (primary N) is 1. The number of benzene rings is 1. The van der Waals surface area contributed by atoms with Crippen molar-refractivity contribution in [3.05, 3.63) is 35.4 Å². The molecular formula is C17H29N3. The molecule has 1 saturated heterocycles. The van der Waals surface area contributed by atoms with Crippen molar-refractivity contribution in [2.75, 3.05) is 26.2 Å². The molecule has 1 aliphatic heterocycles. The summed E-state index contributed by atoms with van der Waals surface area (Å²) in [6.45, 7) is 13.4. The highest BCUT2D eigenvalue weighted by Gasteiger charge is 2.30. The minimum Gasteiger partial charge on any atom is -0.326 e. The minimum atomic E-state index is 0.150. The molecule has 1 aromatic carbocycles. The maximum Gasteiger partial charge on any atom is 0.0500 e. The number of hydrogen-bond donors (Lipinski definition) is 1. The van der Waals surface area contributed by atoms with E-state index in [1.54, 1.807) is 0 Å². The molecular weight excluding hydrogens is 246 g/mol. The van der Waals surface area contributed by atoms with Gasteiger partial charge in [0.05, 0.1) is 0 Å². The van der Waals surface area contributed by atoms with Crippen LogP contribution in [0.5, 0.6) is 0 Å². The predicted octanol–water partition coefficient (Wildman–Crippen LogP) is 2.41. The third kappa shape index (κ3) is 3.22. The van der Waals surface area contributed by atoms with Crippen molar-refractivity contribution in [1.29, 1.82) is 0 Å². The molecule has 112 valence electrons. The highest BCUT2D eigenvalue weighted by molar-refractivity contribution is 5.30. The van der Waals surface area contributed by atoms with Gasteiger partial charge in [0.15, 0.2) is 0 Å². The lowest BCUT2D eigenvalue weighted by Gasteiger charge is -2.44. The average Bonchev–Trinajstić information content (AvgIpc) is 2.41. The molecule has 3 unspecified atom stereocenters. The Kier molecular flexibility index (Phi) is 5.19. The second-order valence-electron chi connectivity index (χ2n) is 6.13. The van der Waals surface area contributed by atoms with Crippen LogP contribution in [0.2, 0.25) is 0 Å². The van der Waals surface area contributed by atoms with Crippen LogP contribution in [0.4, 0.5) is 0 Å². The van der Waals surface area contributed by atoms with Crippen LogP contribution in [0.1, 0.15) is 37.9 Å². The van der Waals surface area contributed by atoms with E-state index in [2.05, 4.69) is 61.8 Å². The van der Waals surface area contributed by atoms with Gasteiger partial charge in [0.1, 0.15) is 0 Å². The minimum absolute atomic E-state index is 0.150. The zero-order chi connectivity index (χ0) is 14.7. The first-order valence-electron chi connectivity index (χ1n) is 7.83. The zero-order valence-electron chi connectivity index (χ0n) is 13.3. The molecule has 0 aliphatic carbocycles. The zero-order valence-corrected chi connectivity index (χ0v) is 13.3. The lowest BCUT2D eigenvalue weighted by molar-refractivity contribution is 0.0514. The normalized spacial score (nSPS) is 24.6. The molecule has 3 nitrogen and oxygen atoms in total. The van der Waals surface area contributed by atoms with Crippen molar-refractivity contribution in [2.45, 2.75) is 45.8 Å². The van der Waals surface area contributed by atoms with Crippen LogP contribution in [-0.4, -0.2) is 48.1 Å². The molecule has 0 bridgehead atoms. The van der Waals surface area contributed by atoms with Crippen LogP contribution in [-0.2, 0) is 0 Å². The van der Waals surface area contributed by atoms with Gasteiger partial charge in [-0.1, -0.05) is 31.2 Å². The maximum absolute atomic E-state index is 6.33. The fourth-order valence-electron chi connectivity index (χ4n) is 3.48.